The molecule has 2 saturated heterocycles. The van der Waals surface area contributed by atoms with Gasteiger partial charge in [-0.1, -0.05) is 13.8 Å². The first kappa shape index (κ1) is 16.3. The van der Waals surface area contributed by atoms with Crippen molar-refractivity contribution in [2.75, 3.05) is 26.7 Å². The first-order chi connectivity index (χ1) is 9.98. The van der Waals surface area contributed by atoms with Gasteiger partial charge in [0.05, 0.1) is 7.11 Å². The molecule has 1 N–H and O–H groups in total. The second kappa shape index (κ2) is 6.77. The van der Waals surface area contributed by atoms with E-state index in [1.807, 2.05) is 13.8 Å². The molecule has 0 bridgehead atoms. The Morgan fingerprint density at radius 1 is 1.19 bits per heavy atom. The number of esters is 1. The number of piperidine rings is 2. The summed E-state index contributed by atoms with van der Waals surface area (Å²) in [6.45, 7) is 6.64. The molecule has 0 spiro atoms. The van der Waals surface area contributed by atoms with Gasteiger partial charge in [-0.2, -0.15) is 0 Å². The minimum Gasteiger partial charge on any atom is -0.467 e. The summed E-state index contributed by atoms with van der Waals surface area (Å²) in [6.07, 6.45) is 4.86. The Bertz CT molecular complexity index is 389. The lowest BCUT2D eigenvalue weighted by molar-refractivity contribution is -0.160. The van der Waals surface area contributed by atoms with Gasteiger partial charge in [-0.3, -0.25) is 4.79 Å². The van der Waals surface area contributed by atoms with Gasteiger partial charge in [0, 0.05) is 12.0 Å². The molecule has 2 aliphatic heterocycles. The highest BCUT2D eigenvalue weighted by atomic mass is 16.5. The maximum atomic E-state index is 13.0. The molecular weight excluding hydrogens is 268 g/mol. The highest BCUT2D eigenvalue weighted by Gasteiger charge is 2.43. The van der Waals surface area contributed by atoms with Crippen LogP contribution in [-0.4, -0.2) is 49.6 Å². The number of ether oxygens (including phenoxy) is 1. The molecule has 2 unspecified atom stereocenters. The molecule has 2 rings (SSSR count). The van der Waals surface area contributed by atoms with E-state index in [0.717, 1.165) is 45.2 Å². The number of likely N-dealkylation sites (tertiary alicyclic amines) is 1. The number of amides is 1. The second-order valence-electron chi connectivity index (χ2n) is 6.80. The lowest BCUT2D eigenvalue weighted by atomic mass is 9.73. The average molecular weight is 296 g/mol. The van der Waals surface area contributed by atoms with Crippen LogP contribution >= 0.6 is 0 Å². The number of methoxy groups -OCH3 is 1. The normalized spacial score (nSPS) is 27.3. The molecule has 0 aliphatic carbocycles. The van der Waals surface area contributed by atoms with Crippen molar-refractivity contribution in [2.45, 2.75) is 52.0 Å². The summed E-state index contributed by atoms with van der Waals surface area (Å²) in [5, 5.41) is 3.38. The molecular formula is C16H28N2O3. The molecule has 0 saturated carbocycles. The van der Waals surface area contributed by atoms with Crippen LogP contribution in [0.5, 0.6) is 0 Å². The average Bonchev–Trinajstić information content (AvgIpc) is 2.54. The highest BCUT2D eigenvalue weighted by molar-refractivity contribution is 5.88. The van der Waals surface area contributed by atoms with Gasteiger partial charge in [-0.05, 0) is 51.1 Å². The van der Waals surface area contributed by atoms with Crippen LogP contribution in [0.15, 0.2) is 0 Å². The Kier molecular flexibility index (Phi) is 5.25. The molecule has 2 fully saturated rings. The van der Waals surface area contributed by atoms with E-state index in [1.165, 1.54) is 7.11 Å². The zero-order valence-corrected chi connectivity index (χ0v) is 13.5. The molecule has 2 heterocycles. The third kappa shape index (κ3) is 3.39. The third-order valence-corrected chi connectivity index (χ3v) is 5.11. The van der Waals surface area contributed by atoms with E-state index in [4.69, 9.17) is 4.74 Å². The molecule has 0 radical (unpaired) electrons. The van der Waals surface area contributed by atoms with Crippen molar-refractivity contribution in [3.63, 3.8) is 0 Å². The van der Waals surface area contributed by atoms with E-state index in [-0.39, 0.29) is 11.9 Å². The van der Waals surface area contributed by atoms with Crippen LogP contribution in [0.1, 0.15) is 46.0 Å². The van der Waals surface area contributed by atoms with Gasteiger partial charge >= 0.3 is 5.97 Å². The summed E-state index contributed by atoms with van der Waals surface area (Å²) in [5.74, 6) is 0.158. The molecule has 0 aromatic carbocycles. The molecule has 5 nitrogen and oxygen atoms in total. The van der Waals surface area contributed by atoms with Gasteiger partial charge in [0.25, 0.3) is 0 Å². The van der Waals surface area contributed by atoms with Crippen LogP contribution in [0.3, 0.4) is 0 Å². The molecule has 2 aliphatic rings. The van der Waals surface area contributed by atoms with E-state index in [0.29, 0.717) is 12.5 Å². The molecule has 5 heteroatoms. The molecule has 21 heavy (non-hydrogen) atoms. The van der Waals surface area contributed by atoms with Crippen LogP contribution in [0, 0.1) is 11.3 Å². The Balaban J connectivity index is 2.13. The van der Waals surface area contributed by atoms with Crippen molar-refractivity contribution < 1.29 is 14.3 Å². The summed E-state index contributed by atoms with van der Waals surface area (Å²) in [4.78, 5) is 26.8. The Morgan fingerprint density at radius 2 is 1.95 bits per heavy atom. The fourth-order valence-electron chi connectivity index (χ4n) is 3.57. The highest BCUT2D eigenvalue weighted by Crippen LogP contribution is 2.35. The number of hydrogen-bond donors (Lipinski definition) is 1. The van der Waals surface area contributed by atoms with E-state index in [1.54, 1.807) is 4.90 Å². The van der Waals surface area contributed by atoms with E-state index < -0.39 is 11.5 Å². The quantitative estimate of drug-likeness (QED) is 0.803. The summed E-state index contributed by atoms with van der Waals surface area (Å²) in [6, 6.07) is -0.396. The Morgan fingerprint density at radius 3 is 2.57 bits per heavy atom. The van der Waals surface area contributed by atoms with Crippen LogP contribution in [-0.2, 0) is 14.3 Å². The predicted molar refractivity (Wildman–Crippen MR) is 80.7 cm³/mol. The van der Waals surface area contributed by atoms with Crippen LogP contribution < -0.4 is 5.32 Å². The minimum absolute atomic E-state index is 0.103. The first-order valence-electron chi connectivity index (χ1n) is 8.08. The summed E-state index contributed by atoms with van der Waals surface area (Å²) < 4.78 is 4.88. The van der Waals surface area contributed by atoms with Crippen molar-refractivity contribution in [1.29, 1.82) is 0 Å². The van der Waals surface area contributed by atoms with Gasteiger partial charge in [0.1, 0.15) is 6.04 Å². The van der Waals surface area contributed by atoms with Gasteiger partial charge in [-0.15, -0.1) is 0 Å². The third-order valence-electron chi connectivity index (χ3n) is 5.11. The largest absolute Gasteiger partial charge is 0.467 e. The maximum Gasteiger partial charge on any atom is 0.328 e. The van der Waals surface area contributed by atoms with Crippen LogP contribution in [0.4, 0.5) is 0 Å². The fraction of sp³-hybridized carbons (Fsp3) is 0.875. The standard InChI is InChI=1S/C16H28N2O3/c1-16(2,12-7-6-9-17-11-12)15(20)18-10-5-4-8-13(18)14(19)21-3/h12-13,17H,4-11H2,1-3H3. The second-order valence-corrected chi connectivity index (χ2v) is 6.80. The Labute approximate surface area is 127 Å². The number of hydrogen-bond acceptors (Lipinski definition) is 4. The molecule has 0 aromatic rings. The van der Waals surface area contributed by atoms with Crippen LogP contribution in [0.25, 0.3) is 0 Å². The number of nitrogens with zero attached hydrogens (tertiary/aromatic N) is 1. The fourth-order valence-corrected chi connectivity index (χ4v) is 3.57. The minimum atomic E-state index is -0.434. The van der Waals surface area contributed by atoms with Crippen molar-refractivity contribution in [1.82, 2.24) is 10.2 Å². The number of carbonyl (C=O) groups is 2. The molecule has 1 amide bonds. The topological polar surface area (TPSA) is 58.6 Å². The lowest BCUT2D eigenvalue weighted by Crippen LogP contribution is -2.55. The summed E-state index contributed by atoms with van der Waals surface area (Å²) in [5.41, 5.74) is -0.434. The Hall–Kier alpha value is -1.10. The molecule has 120 valence electrons. The van der Waals surface area contributed by atoms with Crippen molar-refractivity contribution in [3.8, 4) is 0 Å². The number of carbonyl (C=O) groups excluding carboxylic acids is 2. The number of rotatable bonds is 3. The van der Waals surface area contributed by atoms with Gasteiger partial charge < -0.3 is 15.0 Å². The van der Waals surface area contributed by atoms with Gasteiger partial charge in [0.2, 0.25) is 5.91 Å². The zero-order valence-electron chi connectivity index (χ0n) is 13.5. The zero-order chi connectivity index (χ0) is 15.5. The van der Waals surface area contributed by atoms with E-state index in [9.17, 15) is 9.59 Å². The predicted octanol–water partition coefficient (Wildman–Crippen LogP) is 1.57. The lowest BCUT2D eigenvalue weighted by Gasteiger charge is -2.43. The SMILES string of the molecule is COC(=O)C1CCCCN1C(=O)C(C)(C)C1CCCNC1. The maximum absolute atomic E-state index is 13.0. The van der Waals surface area contributed by atoms with Crippen molar-refractivity contribution >= 4 is 11.9 Å². The first-order valence-corrected chi connectivity index (χ1v) is 8.08. The van der Waals surface area contributed by atoms with Gasteiger partial charge in [-0.25, -0.2) is 4.79 Å². The van der Waals surface area contributed by atoms with Crippen molar-refractivity contribution in [3.05, 3.63) is 0 Å². The molecule has 2 atom stereocenters. The summed E-state index contributed by atoms with van der Waals surface area (Å²) >= 11 is 0. The van der Waals surface area contributed by atoms with Crippen LogP contribution in [0.2, 0.25) is 0 Å². The smallest absolute Gasteiger partial charge is 0.328 e. The van der Waals surface area contributed by atoms with E-state index in [2.05, 4.69) is 5.32 Å². The van der Waals surface area contributed by atoms with Gasteiger partial charge in [0.15, 0.2) is 0 Å². The summed E-state index contributed by atoms with van der Waals surface area (Å²) in [7, 11) is 1.40. The van der Waals surface area contributed by atoms with E-state index >= 15 is 0 Å². The molecule has 0 aromatic heterocycles. The van der Waals surface area contributed by atoms with Crippen molar-refractivity contribution in [2.24, 2.45) is 11.3 Å². The monoisotopic (exact) mass is 296 g/mol. The number of nitrogens with one attached hydrogen (secondary N) is 1.